The molecule has 0 aliphatic rings. The summed E-state index contributed by atoms with van der Waals surface area (Å²) in [6, 6.07) is 4.29. The lowest BCUT2D eigenvalue weighted by Crippen LogP contribution is -2.09. The molecule has 0 spiro atoms. The van der Waals surface area contributed by atoms with Gasteiger partial charge >= 0.3 is 5.97 Å². The summed E-state index contributed by atoms with van der Waals surface area (Å²) in [7, 11) is 0. The first-order valence-corrected chi connectivity index (χ1v) is 5.68. The average Bonchev–Trinajstić information content (AvgIpc) is 2.30. The molecule has 0 aliphatic carbocycles. The fourth-order valence-corrected chi connectivity index (χ4v) is 1.41. The second-order valence-corrected chi connectivity index (χ2v) is 3.75. The van der Waals surface area contributed by atoms with Gasteiger partial charge in [-0.3, -0.25) is 9.59 Å². The van der Waals surface area contributed by atoms with Crippen LogP contribution in [0.1, 0.15) is 10.4 Å². The monoisotopic (exact) mass is 280 g/mol. The normalized spacial score (nSPS) is 9.94. The van der Waals surface area contributed by atoms with Gasteiger partial charge in [0.1, 0.15) is 11.6 Å². The zero-order chi connectivity index (χ0) is 12.1. The molecular formula is C10H7Cl3O3. The summed E-state index contributed by atoms with van der Waals surface area (Å²) in [5, 5.41) is 0.162. The van der Waals surface area contributed by atoms with Crippen molar-refractivity contribution in [3.8, 4) is 5.75 Å². The molecule has 6 heteroatoms. The van der Waals surface area contributed by atoms with Crippen LogP contribution in [0.2, 0.25) is 5.02 Å². The molecule has 1 aromatic rings. The van der Waals surface area contributed by atoms with Crippen LogP contribution in [0.5, 0.6) is 5.75 Å². The molecule has 0 bridgehead atoms. The van der Waals surface area contributed by atoms with Gasteiger partial charge < -0.3 is 4.74 Å². The lowest BCUT2D eigenvalue weighted by atomic mass is 10.1. The van der Waals surface area contributed by atoms with Crippen molar-refractivity contribution in [3.05, 3.63) is 28.8 Å². The van der Waals surface area contributed by atoms with E-state index in [0.29, 0.717) is 5.56 Å². The minimum Gasteiger partial charge on any atom is -0.424 e. The lowest BCUT2D eigenvalue weighted by Gasteiger charge is -2.05. The number of Topliss-reactive ketones (excluding diaryl/α,β-unsaturated/α-hetero) is 1. The van der Waals surface area contributed by atoms with E-state index in [1.165, 1.54) is 18.2 Å². The zero-order valence-electron chi connectivity index (χ0n) is 8.00. The van der Waals surface area contributed by atoms with Crippen molar-refractivity contribution < 1.29 is 14.3 Å². The van der Waals surface area contributed by atoms with Crippen molar-refractivity contribution in [2.75, 3.05) is 11.8 Å². The first-order valence-electron chi connectivity index (χ1n) is 4.24. The summed E-state index contributed by atoms with van der Waals surface area (Å²) in [4.78, 5) is 22.1. The van der Waals surface area contributed by atoms with Crippen LogP contribution >= 0.6 is 34.8 Å². The van der Waals surface area contributed by atoms with E-state index in [1.807, 2.05) is 0 Å². The molecule has 0 saturated heterocycles. The topological polar surface area (TPSA) is 43.4 Å². The Morgan fingerprint density at radius 1 is 1.19 bits per heavy atom. The highest BCUT2D eigenvalue weighted by Crippen LogP contribution is 2.26. The van der Waals surface area contributed by atoms with Crippen molar-refractivity contribution in [2.45, 2.75) is 0 Å². The Morgan fingerprint density at radius 2 is 1.88 bits per heavy atom. The Morgan fingerprint density at radius 3 is 2.38 bits per heavy atom. The van der Waals surface area contributed by atoms with Crippen LogP contribution in [0, 0.1) is 0 Å². The molecule has 0 N–H and O–H groups in total. The van der Waals surface area contributed by atoms with Gasteiger partial charge in [0.25, 0.3) is 0 Å². The van der Waals surface area contributed by atoms with Gasteiger partial charge in [0.2, 0.25) is 0 Å². The van der Waals surface area contributed by atoms with Gasteiger partial charge in [-0.25, -0.2) is 0 Å². The van der Waals surface area contributed by atoms with E-state index in [-0.39, 0.29) is 28.3 Å². The number of halogens is 3. The predicted octanol–water partition coefficient (Wildman–Crippen LogP) is 2.91. The first kappa shape index (κ1) is 13.3. The Hall–Kier alpha value is -0.770. The van der Waals surface area contributed by atoms with E-state index < -0.39 is 5.97 Å². The van der Waals surface area contributed by atoms with E-state index in [9.17, 15) is 9.59 Å². The highest BCUT2D eigenvalue weighted by atomic mass is 35.5. The maximum Gasteiger partial charge on any atom is 0.326 e. The SMILES string of the molecule is O=C(CCl)Oc1ccc(C(=O)CCl)cc1Cl. The highest BCUT2D eigenvalue weighted by molar-refractivity contribution is 6.34. The number of carbonyl (C=O) groups excluding carboxylic acids is 2. The minimum atomic E-state index is -0.611. The summed E-state index contributed by atoms with van der Waals surface area (Å²) >= 11 is 16.5. The lowest BCUT2D eigenvalue weighted by molar-refractivity contribution is -0.131. The Kier molecular flexibility index (Phi) is 5.06. The van der Waals surface area contributed by atoms with E-state index in [4.69, 9.17) is 39.5 Å². The summed E-state index contributed by atoms with van der Waals surface area (Å²) in [6.45, 7) is 0. The van der Waals surface area contributed by atoms with Crippen LogP contribution in [0.25, 0.3) is 0 Å². The third-order valence-electron chi connectivity index (χ3n) is 1.71. The number of alkyl halides is 2. The third kappa shape index (κ3) is 3.37. The molecule has 16 heavy (non-hydrogen) atoms. The molecule has 0 fully saturated rings. The van der Waals surface area contributed by atoms with Gasteiger partial charge in [-0.05, 0) is 18.2 Å². The standard InChI is InChI=1S/C10H7Cl3O3/c11-4-8(14)6-1-2-9(7(13)3-6)16-10(15)5-12/h1-3H,4-5H2. The Labute approximate surface area is 107 Å². The maximum atomic E-state index is 11.2. The molecule has 86 valence electrons. The summed E-state index contributed by atoms with van der Waals surface area (Å²) in [5.41, 5.74) is 0.366. The van der Waals surface area contributed by atoms with Crippen molar-refractivity contribution in [2.24, 2.45) is 0 Å². The van der Waals surface area contributed by atoms with E-state index in [0.717, 1.165) is 0 Å². The van der Waals surface area contributed by atoms with Crippen LogP contribution in [0.15, 0.2) is 18.2 Å². The van der Waals surface area contributed by atoms with Gasteiger partial charge in [0.05, 0.1) is 10.9 Å². The van der Waals surface area contributed by atoms with Gasteiger partial charge in [-0.2, -0.15) is 0 Å². The summed E-state index contributed by atoms with van der Waals surface area (Å²) < 4.78 is 4.82. The Bertz CT molecular complexity index is 418. The van der Waals surface area contributed by atoms with Crippen LogP contribution < -0.4 is 4.74 Å². The van der Waals surface area contributed by atoms with Gasteiger partial charge in [-0.15, -0.1) is 23.2 Å². The van der Waals surface area contributed by atoms with Crippen LogP contribution in [-0.4, -0.2) is 23.5 Å². The quantitative estimate of drug-likeness (QED) is 0.369. The molecule has 0 aromatic heterocycles. The van der Waals surface area contributed by atoms with Crippen LogP contribution in [0.4, 0.5) is 0 Å². The Balaban J connectivity index is 2.91. The minimum absolute atomic E-state index is 0.128. The largest absolute Gasteiger partial charge is 0.424 e. The number of benzene rings is 1. The fourth-order valence-electron chi connectivity index (χ4n) is 0.984. The average molecular weight is 282 g/mol. The number of ketones is 1. The zero-order valence-corrected chi connectivity index (χ0v) is 10.3. The summed E-state index contributed by atoms with van der Waals surface area (Å²) in [5.74, 6) is -1.09. The molecule has 1 rings (SSSR count). The van der Waals surface area contributed by atoms with Gasteiger partial charge in [0, 0.05) is 5.56 Å². The van der Waals surface area contributed by atoms with Crippen LogP contribution in [0.3, 0.4) is 0 Å². The van der Waals surface area contributed by atoms with Crippen molar-refractivity contribution in [3.63, 3.8) is 0 Å². The smallest absolute Gasteiger partial charge is 0.326 e. The number of ether oxygens (including phenoxy) is 1. The fraction of sp³-hybridized carbons (Fsp3) is 0.200. The molecule has 0 unspecified atom stereocenters. The number of hydrogen-bond acceptors (Lipinski definition) is 3. The molecule has 0 heterocycles. The third-order valence-corrected chi connectivity index (χ3v) is 2.46. The maximum absolute atomic E-state index is 11.2. The predicted molar refractivity (Wildman–Crippen MR) is 62.9 cm³/mol. The second-order valence-electron chi connectivity index (χ2n) is 2.81. The number of carbonyl (C=O) groups is 2. The van der Waals surface area contributed by atoms with Crippen molar-refractivity contribution in [1.29, 1.82) is 0 Å². The molecule has 0 saturated carbocycles. The summed E-state index contributed by atoms with van der Waals surface area (Å²) in [6.07, 6.45) is 0. The molecule has 0 radical (unpaired) electrons. The molecule has 3 nitrogen and oxygen atoms in total. The molecular weight excluding hydrogens is 274 g/mol. The van der Waals surface area contributed by atoms with E-state index in [2.05, 4.69) is 0 Å². The molecule has 0 aliphatic heterocycles. The van der Waals surface area contributed by atoms with Crippen molar-refractivity contribution >= 4 is 46.6 Å². The second kappa shape index (κ2) is 6.09. The van der Waals surface area contributed by atoms with Gasteiger partial charge in [-0.1, -0.05) is 11.6 Å². The van der Waals surface area contributed by atoms with Gasteiger partial charge in [0.15, 0.2) is 5.78 Å². The van der Waals surface area contributed by atoms with Crippen molar-refractivity contribution in [1.82, 2.24) is 0 Å². The molecule has 1 aromatic carbocycles. The molecule has 0 amide bonds. The number of hydrogen-bond donors (Lipinski definition) is 0. The highest BCUT2D eigenvalue weighted by Gasteiger charge is 2.10. The first-order chi connectivity index (χ1) is 7.58. The number of esters is 1. The van der Waals surface area contributed by atoms with Crippen LogP contribution in [-0.2, 0) is 4.79 Å². The van der Waals surface area contributed by atoms with E-state index in [1.54, 1.807) is 0 Å². The van der Waals surface area contributed by atoms with E-state index >= 15 is 0 Å². The number of rotatable bonds is 4. The molecule has 0 atom stereocenters.